The highest BCUT2D eigenvalue weighted by Gasteiger charge is 2.33. The van der Waals surface area contributed by atoms with Crippen LogP contribution in [0.2, 0.25) is 0 Å². The van der Waals surface area contributed by atoms with Crippen LogP contribution in [0.3, 0.4) is 0 Å². The monoisotopic (exact) mass is 186 g/mol. The summed E-state index contributed by atoms with van der Waals surface area (Å²) in [5, 5.41) is 0. The van der Waals surface area contributed by atoms with Crippen molar-refractivity contribution < 1.29 is 32.2 Å². The van der Waals surface area contributed by atoms with Gasteiger partial charge in [0, 0.05) is 0 Å². The van der Waals surface area contributed by atoms with E-state index in [1.807, 2.05) is 0 Å². The Morgan fingerprint density at radius 3 is 2.67 bits per heavy atom. The third kappa shape index (κ3) is 2.95. The number of carbonyl (C=O) groups excluding carboxylic acids is 1. The van der Waals surface area contributed by atoms with E-state index in [0.717, 1.165) is 0 Å². The van der Waals surface area contributed by atoms with Crippen LogP contribution >= 0.6 is 0 Å². The van der Waals surface area contributed by atoms with Crippen molar-refractivity contribution in [2.45, 2.75) is 12.5 Å². The van der Waals surface area contributed by atoms with Crippen LogP contribution in [0.4, 0.5) is 18.0 Å². The van der Waals surface area contributed by atoms with Gasteiger partial charge in [-0.15, -0.1) is 0 Å². The van der Waals surface area contributed by atoms with Crippen LogP contribution in [0.25, 0.3) is 0 Å². The molecule has 7 heteroatoms. The molecule has 0 aromatic rings. The van der Waals surface area contributed by atoms with Gasteiger partial charge in [0.2, 0.25) is 6.29 Å². The second-order valence-electron chi connectivity index (χ2n) is 2.03. The second kappa shape index (κ2) is 3.18. The molecular formula is C5H5F3O4. The van der Waals surface area contributed by atoms with Crippen LogP contribution in [-0.2, 0) is 14.2 Å². The second-order valence-corrected chi connectivity index (χ2v) is 2.03. The highest BCUT2D eigenvalue weighted by molar-refractivity contribution is 5.61. The van der Waals surface area contributed by atoms with Gasteiger partial charge in [-0.05, 0) is 0 Å². The van der Waals surface area contributed by atoms with Crippen molar-refractivity contribution in [3.05, 3.63) is 0 Å². The van der Waals surface area contributed by atoms with Gasteiger partial charge >= 0.3 is 12.3 Å². The predicted octanol–water partition coefficient (Wildman–Crippen LogP) is 1.06. The highest BCUT2D eigenvalue weighted by Crippen LogP contribution is 2.17. The molecular weight excluding hydrogens is 181 g/mol. The molecule has 1 aliphatic heterocycles. The zero-order chi connectivity index (χ0) is 9.19. The molecule has 0 saturated carbocycles. The summed E-state index contributed by atoms with van der Waals surface area (Å²) in [4.78, 5) is 10.2. The summed E-state index contributed by atoms with van der Waals surface area (Å²) >= 11 is 0. The van der Waals surface area contributed by atoms with Crippen LogP contribution in [0.5, 0.6) is 0 Å². The molecule has 1 atom stereocenters. The molecule has 70 valence electrons. The molecule has 1 rings (SSSR count). The van der Waals surface area contributed by atoms with E-state index >= 15 is 0 Å². The number of ether oxygens (including phenoxy) is 3. The molecule has 1 unspecified atom stereocenters. The summed E-state index contributed by atoms with van der Waals surface area (Å²) in [6.45, 7) is -1.75. The molecule has 0 amide bonds. The zero-order valence-corrected chi connectivity index (χ0v) is 5.76. The summed E-state index contributed by atoms with van der Waals surface area (Å²) < 4.78 is 47.0. The Morgan fingerprint density at radius 2 is 2.25 bits per heavy atom. The maximum Gasteiger partial charge on any atom is 0.510 e. The van der Waals surface area contributed by atoms with Gasteiger partial charge in [-0.1, -0.05) is 0 Å². The van der Waals surface area contributed by atoms with E-state index in [1.165, 1.54) is 0 Å². The van der Waals surface area contributed by atoms with Crippen LogP contribution in [0, 0.1) is 0 Å². The fourth-order valence-corrected chi connectivity index (χ4v) is 0.581. The summed E-state index contributed by atoms with van der Waals surface area (Å²) in [6.07, 6.45) is -6.67. The number of carbonyl (C=O) groups is 1. The van der Waals surface area contributed by atoms with Crippen LogP contribution in [0.1, 0.15) is 0 Å². The van der Waals surface area contributed by atoms with Gasteiger partial charge in [0.1, 0.15) is 6.61 Å². The molecule has 1 heterocycles. The molecule has 0 bridgehead atoms. The van der Waals surface area contributed by atoms with Crippen molar-refractivity contribution in [1.82, 2.24) is 0 Å². The van der Waals surface area contributed by atoms with E-state index in [-0.39, 0.29) is 6.61 Å². The van der Waals surface area contributed by atoms with Crippen molar-refractivity contribution in [3.8, 4) is 0 Å². The number of rotatable bonds is 2. The average molecular weight is 186 g/mol. The largest absolute Gasteiger partial charge is 0.510 e. The van der Waals surface area contributed by atoms with E-state index in [1.54, 1.807) is 0 Å². The molecule has 0 aromatic carbocycles. The van der Waals surface area contributed by atoms with Crippen LogP contribution < -0.4 is 0 Å². The lowest BCUT2D eigenvalue weighted by Crippen LogP contribution is -2.24. The number of halogens is 3. The zero-order valence-electron chi connectivity index (χ0n) is 5.76. The van der Waals surface area contributed by atoms with Crippen LogP contribution in [-0.4, -0.2) is 31.8 Å². The third-order valence-electron chi connectivity index (χ3n) is 0.998. The van der Waals surface area contributed by atoms with E-state index < -0.39 is 25.2 Å². The quantitative estimate of drug-likeness (QED) is 0.605. The van der Waals surface area contributed by atoms with Gasteiger partial charge in [-0.25, -0.2) is 4.79 Å². The molecule has 1 fully saturated rings. The summed E-state index contributed by atoms with van der Waals surface area (Å²) in [6, 6.07) is 0. The molecule has 0 N–H and O–H groups in total. The Balaban J connectivity index is 2.20. The molecule has 1 aliphatic rings. The van der Waals surface area contributed by atoms with Crippen molar-refractivity contribution >= 4 is 6.16 Å². The summed E-state index contributed by atoms with van der Waals surface area (Å²) in [5.41, 5.74) is 0. The Bertz CT molecular complexity index is 178. The first-order chi connectivity index (χ1) is 5.47. The van der Waals surface area contributed by atoms with Crippen molar-refractivity contribution in [3.63, 3.8) is 0 Å². The first kappa shape index (κ1) is 9.11. The highest BCUT2D eigenvalue weighted by atomic mass is 19.4. The average Bonchev–Trinajstić information content (AvgIpc) is 2.30. The Morgan fingerprint density at radius 1 is 1.58 bits per heavy atom. The smallest absolute Gasteiger partial charge is 0.428 e. The van der Waals surface area contributed by atoms with E-state index in [2.05, 4.69) is 14.2 Å². The van der Waals surface area contributed by atoms with Gasteiger partial charge in [-0.2, -0.15) is 13.2 Å². The van der Waals surface area contributed by atoms with Gasteiger partial charge in [0.25, 0.3) is 0 Å². The van der Waals surface area contributed by atoms with Gasteiger partial charge in [0.05, 0.1) is 0 Å². The molecule has 0 aromatic heterocycles. The minimum absolute atomic E-state index is 0.297. The lowest BCUT2D eigenvalue weighted by molar-refractivity contribution is -0.209. The number of hydrogen-bond acceptors (Lipinski definition) is 4. The van der Waals surface area contributed by atoms with Crippen molar-refractivity contribution in [1.29, 1.82) is 0 Å². The molecule has 4 nitrogen and oxygen atoms in total. The minimum Gasteiger partial charge on any atom is -0.428 e. The summed E-state index contributed by atoms with van der Waals surface area (Å²) in [5.74, 6) is 0. The standard InChI is InChI=1S/C5H5F3O4/c6-5(7,8)2-11-3-1-10-4(9)12-3/h3H,1-2H2. The van der Waals surface area contributed by atoms with E-state index in [0.29, 0.717) is 0 Å². The Labute approximate surface area is 65.2 Å². The van der Waals surface area contributed by atoms with Gasteiger partial charge in [-0.3, -0.25) is 0 Å². The minimum atomic E-state index is -4.42. The van der Waals surface area contributed by atoms with Crippen molar-refractivity contribution in [2.75, 3.05) is 13.2 Å². The lowest BCUT2D eigenvalue weighted by Gasteiger charge is -2.09. The molecule has 0 spiro atoms. The predicted molar refractivity (Wildman–Crippen MR) is 28.2 cm³/mol. The molecule has 12 heavy (non-hydrogen) atoms. The molecule has 0 radical (unpaired) electrons. The number of alkyl halides is 3. The Hall–Kier alpha value is -0.980. The number of hydrogen-bond donors (Lipinski definition) is 0. The Kier molecular flexibility index (Phi) is 2.41. The van der Waals surface area contributed by atoms with Gasteiger partial charge in [0.15, 0.2) is 6.61 Å². The maximum atomic E-state index is 11.5. The maximum absolute atomic E-state index is 11.5. The molecule has 0 aliphatic carbocycles. The SMILES string of the molecule is O=C1OCC(OCC(F)(F)F)O1. The fraction of sp³-hybridized carbons (Fsp3) is 0.800. The van der Waals surface area contributed by atoms with Gasteiger partial charge < -0.3 is 14.2 Å². The molecule has 1 saturated heterocycles. The van der Waals surface area contributed by atoms with Crippen molar-refractivity contribution in [2.24, 2.45) is 0 Å². The normalized spacial score (nSPS) is 23.6. The first-order valence-electron chi connectivity index (χ1n) is 2.99. The first-order valence-corrected chi connectivity index (χ1v) is 2.99. The van der Waals surface area contributed by atoms with E-state index in [9.17, 15) is 18.0 Å². The fourth-order valence-electron chi connectivity index (χ4n) is 0.581. The van der Waals surface area contributed by atoms with E-state index in [4.69, 9.17) is 0 Å². The third-order valence-corrected chi connectivity index (χ3v) is 0.998. The van der Waals surface area contributed by atoms with Crippen LogP contribution in [0.15, 0.2) is 0 Å². The summed E-state index contributed by atoms with van der Waals surface area (Å²) in [7, 11) is 0. The number of cyclic esters (lactones) is 2. The topological polar surface area (TPSA) is 44.8 Å². The lowest BCUT2D eigenvalue weighted by atomic mass is 10.6.